The Morgan fingerprint density at radius 2 is 1.54 bits per heavy atom. The summed E-state index contributed by atoms with van der Waals surface area (Å²) in [5.41, 5.74) is 2.76. The number of methoxy groups -OCH3 is 3. The van der Waals surface area contributed by atoms with Gasteiger partial charge in [-0.15, -0.1) is 0 Å². The number of hydrogen-bond acceptors (Lipinski definition) is 5. The van der Waals surface area contributed by atoms with Crippen LogP contribution in [0.25, 0.3) is 0 Å². The molecule has 0 radical (unpaired) electrons. The summed E-state index contributed by atoms with van der Waals surface area (Å²) in [5.74, 6) is 1.19. The first-order chi connectivity index (χ1) is 13.7. The molecule has 0 spiro atoms. The van der Waals surface area contributed by atoms with Gasteiger partial charge >= 0.3 is 0 Å². The zero-order valence-electron chi connectivity index (χ0n) is 16.8. The van der Waals surface area contributed by atoms with Crippen LogP contribution in [0.3, 0.4) is 0 Å². The molecule has 0 unspecified atom stereocenters. The van der Waals surface area contributed by atoms with E-state index >= 15 is 0 Å². The molecule has 150 valence electrons. The number of carbonyl (C=O) groups is 1. The van der Waals surface area contributed by atoms with Crippen LogP contribution in [0.4, 0.5) is 5.69 Å². The smallest absolute Gasteiger partial charge is 0.251 e. The van der Waals surface area contributed by atoms with Gasteiger partial charge in [0.25, 0.3) is 5.91 Å². The van der Waals surface area contributed by atoms with Crippen LogP contribution in [0, 0.1) is 0 Å². The third kappa shape index (κ3) is 4.50. The Morgan fingerprint density at radius 1 is 0.929 bits per heavy atom. The molecule has 0 aromatic heterocycles. The number of nitrogens with zero attached hydrogens (tertiary/aromatic N) is 1. The van der Waals surface area contributed by atoms with E-state index in [9.17, 15) is 4.79 Å². The van der Waals surface area contributed by atoms with Crippen molar-refractivity contribution < 1.29 is 19.0 Å². The number of carbonyl (C=O) groups excluding carboxylic acids is 1. The lowest BCUT2D eigenvalue weighted by Crippen LogP contribution is -2.29. The highest BCUT2D eigenvalue weighted by molar-refractivity contribution is 5.95. The number of hydrogen-bond donors (Lipinski definition) is 1. The number of piperidine rings is 1. The van der Waals surface area contributed by atoms with Crippen molar-refractivity contribution in [2.75, 3.05) is 39.3 Å². The van der Waals surface area contributed by atoms with Crippen molar-refractivity contribution in [3.63, 3.8) is 0 Å². The van der Waals surface area contributed by atoms with Crippen LogP contribution in [0.15, 0.2) is 36.4 Å². The SMILES string of the molecule is COc1cc(C(=O)NCc2ccc(N3CCCCC3)cc2)cc(OC)c1OC. The molecule has 1 fully saturated rings. The average Bonchev–Trinajstić information content (AvgIpc) is 2.77. The van der Waals surface area contributed by atoms with Crippen LogP contribution in [-0.4, -0.2) is 40.3 Å². The van der Waals surface area contributed by atoms with Gasteiger partial charge in [-0.25, -0.2) is 0 Å². The molecule has 0 aliphatic carbocycles. The summed E-state index contributed by atoms with van der Waals surface area (Å²) in [7, 11) is 4.60. The fourth-order valence-electron chi connectivity index (χ4n) is 3.47. The van der Waals surface area contributed by atoms with Crippen molar-refractivity contribution in [1.29, 1.82) is 0 Å². The van der Waals surface area contributed by atoms with Gasteiger partial charge in [-0.2, -0.15) is 0 Å². The second-order valence-corrected chi connectivity index (χ2v) is 6.81. The predicted octanol–water partition coefficient (Wildman–Crippen LogP) is 3.63. The van der Waals surface area contributed by atoms with Crippen molar-refractivity contribution in [3.05, 3.63) is 47.5 Å². The fourth-order valence-corrected chi connectivity index (χ4v) is 3.47. The Kier molecular flexibility index (Phi) is 6.63. The summed E-state index contributed by atoms with van der Waals surface area (Å²) in [5, 5.41) is 2.95. The second-order valence-electron chi connectivity index (χ2n) is 6.81. The van der Waals surface area contributed by atoms with Gasteiger partial charge in [0.1, 0.15) is 0 Å². The van der Waals surface area contributed by atoms with Crippen molar-refractivity contribution in [3.8, 4) is 17.2 Å². The number of rotatable bonds is 7. The lowest BCUT2D eigenvalue weighted by molar-refractivity contribution is 0.0950. The van der Waals surface area contributed by atoms with E-state index in [0.29, 0.717) is 29.4 Å². The quantitative estimate of drug-likeness (QED) is 0.790. The minimum absolute atomic E-state index is 0.195. The summed E-state index contributed by atoms with van der Waals surface area (Å²) in [6, 6.07) is 11.7. The van der Waals surface area contributed by atoms with Gasteiger partial charge in [0.15, 0.2) is 11.5 Å². The van der Waals surface area contributed by atoms with Gasteiger partial charge in [-0.1, -0.05) is 12.1 Å². The predicted molar refractivity (Wildman–Crippen MR) is 110 cm³/mol. The van der Waals surface area contributed by atoms with Gasteiger partial charge in [0.2, 0.25) is 5.75 Å². The third-order valence-corrected chi connectivity index (χ3v) is 5.04. The first-order valence-corrected chi connectivity index (χ1v) is 9.58. The van der Waals surface area contributed by atoms with Crippen LogP contribution in [0.5, 0.6) is 17.2 Å². The molecule has 6 heteroatoms. The Morgan fingerprint density at radius 3 is 2.07 bits per heavy atom. The van der Waals surface area contributed by atoms with Crippen LogP contribution in [0.1, 0.15) is 35.2 Å². The second kappa shape index (κ2) is 9.35. The molecule has 1 N–H and O–H groups in total. The van der Waals surface area contributed by atoms with Crippen molar-refractivity contribution >= 4 is 11.6 Å². The Balaban J connectivity index is 1.65. The highest BCUT2D eigenvalue weighted by Crippen LogP contribution is 2.38. The molecule has 6 nitrogen and oxygen atoms in total. The van der Waals surface area contributed by atoms with Crippen molar-refractivity contribution in [1.82, 2.24) is 5.32 Å². The Bertz CT molecular complexity index is 774. The molecule has 3 rings (SSSR count). The summed E-state index contributed by atoms with van der Waals surface area (Å²) in [6.07, 6.45) is 3.83. The zero-order valence-corrected chi connectivity index (χ0v) is 16.8. The molecular weight excluding hydrogens is 356 g/mol. The number of benzene rings is 2. The maximum absolute atomic E-state index is 12.6. The first-order valence-electron chi connectivity index (χ1n) is 9.58. The number of nitrogens with one attached hydrogen (secondary N) is 1. The summed E-state index contributed by atoms with van der Waals surface area (Å²) in [4.78, 5) is 15.0. The molecule has 1 heterocycles. The van der Waals surface area contributed by atoms with Crippen LogP contribution >= 0.6 is 0 Å². The van der Waals surface area contributed by atoms with E-state index < -0.39 is 0 Å². The highest BCUT2D eigenvalue weighted by atomic mass is 16.5. The molecule has 0 bridgehead atoms. The molecule has 1 aliphatic heterocycles. The highest BCUT2D eigenvalue weighted by Gasteiger charge is 2.17. The molecule has 1 amide bonds. The van der Waals surface area contributed by atoms with E-state index in [1.165, 1.54) is 46.3 Å². The lowest BCUT2D eigenvalue weighted by Gasteiger charge is -2.28. The average molecular weight is 384 g/mol. The van der Waals surface area contributed by atoms with Gasteiger partial charge in [-0.05, 0) is 49.1 Å². The van der Waals surface area contributed by atoms with Crippen molar-refractivity contribution in [2.24, 2.45) is 0 Å². The summed E-state index contributed by atoms with van der Waals surface area (Å²) >= 11 is 0. The van der Waals surface area contributed by atoms with E-state index in [4.69, 9.17) is 14.2 Å². The van der Waals surface area contributed by atoms with E-state index in [2.05, 4.69) is 34.5 Å². The number of amides is 1. The standard InChI is InChI=1S/C22H28N2O4/c1-26-19-13-17(14-20(27-2)21(19)28-3)22(25)23-15-16-7-9-18(10-8-16)24-11-5-4-6-12-24/h7-10,13-14H,4-6,11-12,15H2,1-3H3,(H,23,25). The van der Waals surface area contributed by atoms with E-state index in [0.717, 1.165) is 18.7 Å². The molecule has 2 aromatic carbocycles. The molecule has 0 saturated carbocycles. The number of anilines is 1. The lowest BCUT2D eigenvalue weighted by atomic mass is 10.1. The van der Waals surface area contributed by atoms with Crippen LogP contribution < -0.4 is 24.4 Å². The molecule has 1 aliphatic rings. The van der Waals surface area contributed by atoms with E-state index in [1.807, 2.05) is 0 Å². The molecule has 1 saturated heterocycles. The normalized spacial score (nSPS) is 13.8. The van der Waals surface area contributed by atoms with Gasteiger partial charge in [-0.3, -0.25) is 4.79 Å². The topological polar surface area (TPSA) is 60.0 Å². The minimum atomic E-state index is -0.195. The summed E-state index contributed by atoms with van der Waals surface area (Å²) in [6.45, 7) is 2.70. The van der Waals surface area contributed by atoms with Crippen molar-refractivity contribution in [2.45, 2.75) is 25.8 Å². The van der Waals surface area contributed by atoms with Gasteiger partial charge in [0, 0.05) is 30.9 Å². The minimum Gasteiger partial charge on any atom is -0.493 e. The zero-order chi connectivity index (χ0) is 19.9. The van der Waals surface area contributed by atoms with E-state index in [-0.39, 0.29) is 5.91 Å². The molecule has 2 aromatic rings. The first kappa shape index (κ1) is 19.9. The number of ether oxygens (including phenoxy) is 3. The van der Waals surface area contributed by atoms with Gasteiger partial charge < -0.3 is 24.4 Å². The summed E-state index contributed by atoms with van der Waals surface area (Å²) < 4.78 is 15.9. The van der Waals surface area contributed by atoms with Crippen LogP contribution in [0.2, 0.25) is 0 Å². The van der Waals surface area contributed by atoms with E-state index in [1.54, 1.807) is 12.1 Å². The monoisotopic (exact) mass is 384 g/mol. The molecular formula is C22H28N2O4. The maximum atomic E-state index is 12.6. The maximum Gasteiger partial charge on any atom is 0.251 e. The Labute approximate surface area is 166 Å². The van der Waals surface area contributed by atoms with Crippen LogP contribution in [-0.2, 0) is 6.54 Å². The third-order valence-electron chi connectivity index (χ3n) is 5.04. The Hall–Kier alpha value is -2.89. The van der Waals surface area contributed by atoms with Gasteiger partial charge in [0.05, 0.1) is 21.3 Å². The molecule has 28 heavy (non-hydrogen) atoms. The molecule has 0 atom stereocenters. The largest absolute Gasteiger partial charge is 0.493 e. The fraction of sp³-hybridized carbons (Fsp3) is 0.409.